The first-order chi connectivity index (χ1) is 23.0. The van der Waals surface area contributed by atoms with Crippen molar-refractivity contribution in [1.82, 2.24) is 34.1 Å². The summed E-state index contributed by atoms with van der Waals surface area (Å²) in [5.74, 6) is 1.02. The van der Waals surface area contributed by atoms with Crippen LogP contribution in [-0.2, 0) is 41.5 Å². The van der Waals surface area contributed by atoms with E-state index in [-0.39, 0.29) is 11.7 Å². The zero-order valence-corrected chi connectivity index (χ0v) is 26.5. The minimum Gasteiger partial charge on any atom is -0.480 e. The fraction of sp³-hybridized carbons (Fsp3) is 0.303. The van der Waals surface area contributed by atoms with Crippen LogP contribution in [0.5, 0.6) is 5.88 Å². The van der Waals surface area contributed by atoms with Gasteiger partial charge in [-0.05, 0) is 48.4 Å². The number of methoxy groups -OCH3 is 1. The summed E-state index contributed by atoms with van der Waals surface area (Å²) in [7, 11) is -2.25. The number of primary sulfonamides is 1. The Morgan fingerprint density at radius 2 is 1.83 bits per heavy atom. The Labute approximate surface area is 272 Å². The van der Waals surface area contributed by atoms with Crippen LogP contribution < -0.4 is 9.88 Å². The van der Waals surface area contributed by atoms with Gasteiger partial charge in [-0.3, -0.25) is 0 Å². The lowest BCUT2D eigenvalue weighted by Crippen LogP contribution is -2.14. The van der Waals surface area contributed by atoms with Crippen molar-refractivity contribution >= 4 is 32.0 Å². The molecule has 1 aliphatic carbocycles. The number of sulfonamides is 1. The van der Waals surface area contributed by atoms with Gasteiger partial charge in [0.1, 0.15) is 23.4 Å². The SMILES string of the molecule is COc1ncnc(C2CC2)c1-c1ncc2c3ccc(CS(N)(=O)=O)cc3n(Cc3ccc4c(c3)CCCn3cc(C(F)(F)F)nc3-4)c2n1. The number of rotatable bonds is 7. The van der Waals surface area contributed by atoms with Gasteiger partial charge in [0.15, 0.2) is 11.5 Å². The van der Waals surface area contributed by atoms with E-state index in [0.717, 1.165) is 52.1 Å². The van der Waals surface area contributed by atoms with E-state index in [1.807, 2.05) is 28.8 Å². The van der Waals surface area contributed by atoms with E-state index in [4.69, 9.17) is 19.8 Å². The van der Waals surface area contributed by atoms with Gasteiger partial charge in [0.05, 0.1) is 24.1 Å². The average molecular weight is 675 g/mol. The molecule has 5 heterocycles. The van der Waals surface area contributed by atoms with Crippen molar-refractivity contribution in [2.45, 2.75) is 56.6 Å². The van der Waals surface area contributed by atoms with Crippen LogP contribution in [0, 0.1) is 0 Å². The molecule has 4 aromatic heterocycles. The lowest BCUT2D eigenvalue weighted by Gasteiger charge is -2.13. The third kappa shape index (κ3) is 5.46. The molecule has 1 aliphatic heterocycles. The molecule has 246 valence electrons. The zero-order chi connectivity index (χ0) is 33.4. The predicted octanol–water partition coefficient (Wildman–Crippen LogP) is 5.59. The molecule has 2 aliphatic rings. The zero-order valence-electron chi connectivity index (χ0n) is 25.7. The van der Waals surface area contributed by atoms with Crippen molar-refractivity contribution in [2.75, 3.05) is 7.11 Å². The normalized spacial score (nSPS) is 15.0. The first kappa shape index (κ1) is 30.4. The second kappa shape index (κ2) is 11.1. The first-order valence-electron chi connectivity index (χ1n) is 15.4. The Kier molecular flexibility index (Phi) is 7.03. The summed E-state index contributed by atoms with van der Waals surface area (Å²) in [6.07, 6.45) is 3.09. The number of aromatic nitrogens is 7. The largest absolute Gasteiger partial charge is 0.480 e. The molecule has 2 aromatic carbocycles. The van der Waals surface area contributed by atoms with E-state index in [9.17, 15) is 21.6 Å². The van der Waals surface area contributed by atoms with Gasteiger partial charge in [0.2, 0.25) is 15.9 Å². The smallest absolute Gasteiger partial charge is 0.434 e. The standard InChI is InChI=1S/C33H29F3N8O3S/c1-47-32-27(28(20-6-7-20)39-17-40-32)29-38-13-24-23-9-5-19(16-48(37,45)46)12-25(23)44(31(24)42-29)14-18-4-8-22-21(11-18)3-2-10-43-15-26(33(34,35)36)41-30(22)43/h4-5,8-9,11-13,15,17,20H,2-3,6-7,10,14,16H2,1H3,(H2,37,45,46). The number of imidazole rings is 1. The number of nitrogens with two attached hydrogens (primary N) is 1. The van der Waals surface area contributed by atoms with Gasteiger partial charge in [-0.25, -0.2) is 38.5 Å². The minimum atomic E-state index is -4.53. The quantitative estimate of drug-likeness (QED) is 0.231. The second-order valence-corrected chi connectivity index (χ2v) is 13.9. The van der Waals surface area contributed by atoms with Gasteiger partial charge >= 0.3 is 6.18 Å². The summed E-state index contributed by atoms with van der Waals surface area (Å²) >= 11 is 0. The third-order valence-electron chi connectivity index (χ3n) is 8.92. The monoisotopic (exact) mass is 674 g/mol. The summed E-state index contributed by atoms with van der Waals surface area (Å²) in [5, 5.41) is 6.97. The Balaban J connectivity index is 1.28. The Hall–Kier alpha value is -4.89. The van der Waals surface area contributed by atoms with Crippen molar-refractivity contribution < 1.29 is 26.3 Å². The number of nitrogens with zero attached hydrogens (tertiary/aromatic N) is 7. The van der Waals surface area contributed by atoms with Crippen LogP contribution >= 0.6 is 0 Å². The molecule has 8 rings (SSSR count). The summed E-state index contributed by atoms with van der Waals surface area (Å²) in [4.78, 5) is 22.6. The first-order valence-corrected chi connectivity index (χ1v) is 17.1. The molecule has 1 saturated carbocycles. The maximum atomic E-state index is 13.5. The van der Waals surface area contributed by atoms with Gasteiger partial charge in [-0.2, -0.15) is 13.2 Å². The number of hydrogen-bond acceptors (Lipinski definition) is 8. The molecule has 0 spiro atoms. The molecule has 0 radical (unpaired) electrons. The highest BCUT2D eigenvalue weighted by Crippen LogP contribution is 2.45. The topological polar surface area (TPSA) is 144 Å². The molecule has 15 heteroatoms. The number of ether oxygens (including phenoxy) is 1. The number of hydrogen-bond donors (Lipinski definition) is 1. The van der Waals surface area contributed by atoms with Gasteiger partial charge in [0.25, 0.3) is 0 Å². The number of alkyl halides is 3. The van der Waals surface area contributed by atoms with Crippen molar-refractivity contribution in [3.63, 3.8) is 0 Å². The fourth-order valence-electron chi connectivity index (χ4n) is 6.66. The molecule has 6 aromatic rings. The molecule has 0 saturated heterocycles. The number of fused-ring (bicyclic) bond motifs is 6. The molecule has 1 fully saturated rings. The van der Waals surface area contributed by atoms with E-state index < -0.39 is 21.9 Å². The second-order valence-electron chi connectivity index (χ2n) is 12.3. The summed E-state index contributed by atoms with van der Waals surface area (Å²) in [6.45, 7) is 0.764. The van der Waals surface area contributed by atoms with Gasteiger partial charge in [-0.1, -0.05) is 30.3 Å². The van der Waals surface area contributed by atoms with Crippen LogP contribution in [0.2, 0.25) is 0 Å². The molecule has 0 bridgehead atoms. The van der Waals surface area contributed by atoms with Crippen molar-refractivity contribution in [3.8, 4) is 28.7 Å². The average Bonchev–Trinajstić information content (AvgIpc) is 3.77. The number of halogens is 3. The highest BCUT2D eigenvalue weighted by atomic mass is 32.2. The molecule has 2 N–H and O–H groups in total. The summed E-state index contributed by atoms with van der Waals surface area (Å²) in [6, 6.07) is 11.1. The van der Waals surface area contributed by atoms with E-state index in [0.29, 0.717) is 65.8 Å². The van der Waals surface area contributed by atoms with Crippen LogP contribution in [0.4, 0.5) is 13.2 Å². The van der Waals surface area contributed by atoms with Crippen LogP contribution in [0.3, 0.4) is 0 Å². The van der Waals surface area contributed by atoms with E-state index in [1.165, 1.54) is 6.33 Å². The molecule has 0 unspecified atom stereocenters. The Morgan fingerprint density at radius 1 is 1.02 bits per heavy atom. The van der Waals surface area contributed by atoms with Gasteiger partial charge < -0.3 is 13.9 Å². The maximum Gasteiger partial charge on any atom is 0.434 e. The van der Waals surface area contributed by atoms with Crippen LogP contribution in [0.25, 0.3) is 44.7 Å². The molecule has 48 heavy (non-hydrogen) atoms. The number of aryl methyl sites for hydroxylation is 2. The summed E-state index contributed by atoms with van der Waals surface area (Å²) < 4.78 is 73.7. The highest BCUT2D eigenvalue weighted by Gasteiger charge is 2.36. The summed E-state index contributed by atoms with van der Waals surface area (Å²) in [5.41, 5.74) is 4.87. The predicted molar refractivity (Wildman–Crippen MR) is 171 cm³/mol. The van der Waals surface area contributed by atoms with E-state index in [1.54, 1.807) is 30.0 Å². The minimum absolute atomic E-state index is 0.269. The van der Waals surface area contributed by atoms with Crippen molar-refractivity contribution in [3.05, 3.63) is 83.2 Å². The van der Waals surface area contributed by atoms with Crippen molar-refractivity contribution in [2.24, 2.45) is 5.14 Å². The maximum absolute atomic E-state index is 13.5. The van der Waals surface area contributed by atoms with E-state index in [2.05, 4.69) is 15.0 Å². The number of benzene rings is 2. The van der Waals surface area contributed by atoms with Gasteiger partial charge in [-0.15, -0.1) is 0 Å². The third-order valence-corrected chi connectivity index (χ3v) is 9.66. The van der Waals surface area contributed by atoms with Crippen LogP contribution in [-0.4, -0.2) is 49.6 Å². The molecule has 0 atom stereocenters. The van der Waals surface area contributed by atoms with Crippen LogP contribution in [0.15, 0.2) is 55.1 Å². The molecule has 11 nitrogen and oxygen atoms in total. The highest BCUT2D eigenvalue weighted by molar-refractivity contribution is 7.88. The Morgan fingerprint density at radius 3 is 2.58 bits per heavy atom. The van der Waals surface area contributed by atoms with E-state index >= 15 is 0 Å². The molecule has 0 amide bonds. The lowest BCUT2D eigenvalue weighted by molar-refractivity contribution is -0.140. The molecular weight excluding hydrogens is 645 g/mol. The van der Waals surface area contributed by atoms with Crippen molar-refractivity contribution in [1.29, 1.82) is 0 Å². The fourth-order valence-corrected chi connectivity index (χ4v) is 7.30. The lowest BCUT2D eigenvalue weighted by atomic mass is 10.00. The Bertz CT molecular complexity index is 2360. The van der Waals surface area contributed by atoms with Crippen LogP contribution in [0.1, 0.15) is 53.3 Å². The molecular formula is C33H29F3N8O3S. The van der Waals surface area contributed by atoms with Gasteiger partial charge in [0, 0.05) is 47.7 Å².